The summed E-state index contributed by atoms with van der Waals surface area (Å²) in [5, 5.41) is -0.857. The zero-order valence-corrected chi connectivity index (χ0v) is 10.0. The number of thiazole rings is 1. The van der Waals surface area contributed by atoms with Crippen molar-refractivity contribution in [2.45, 2.75) is 6.18 Å². The van der Waals surface area contributed by atoms with Crippen molar-refractivity contribution in [2.75, 3.05) is 0 Å². The van der Waals surface area contributed by atoms with E-state index in [2.05, 4.69) is 25.9 Å². The Labute approximate surface area is 101 Å². The van der Waals surface area contributed by atoms with Crippen molar-refractivity contribution in [2.24, 2.45) is 0 Å². The van der Waals surface area contributed by atoms with Gasteiger partial charge in [0.05, 0.1) is 10.6 Å². The maximum atomic E-state index is 12.3. The average molecular weight is 309 g/mol. The number of rotatable bonds is 1. The normalized spacial score (nSPS) is 11.8. The zero-order valence-electron chi connectivity index (χ0n) is 7.62. The van der Waals surface area contributed by atoms with Gasteiger partial charge in [0.2, 0.25) is 0 Å². The summed E-state index contributed by atoms with van der Waals surface area (Å²) < 4.78 is 37.5. The largest absolute Gasteiger partial charge is 0.443 e. The molecule has 0 aromatic carbocycles. The fourth-order valence-corrected chi connectivity index (χ4v) is 2.17. The van der Waals surface area contributed by atoms with Crippen molar-refractivity contribution in [3.63, 3.8) is 0 Å². The summed E-state index contributed by atoms with van der Waals surface area (Å²) in [6.07, 6.45) is -3.21. The standard InChI is InChI=1S/C9H4BrF3N2S/c10-7-3-1-2-5(15-7)6-4-14-8(16-6)9(11,12)13/h1-4H. The number of hydrogen-bond donors (Lipinski definition) is 0. The van der Waals surface area contributed by atoms with Gasteiger partial charge in [-0.15, -0.1) is 11.3 Å². The number of pyridine rings is 1. The number of nitrogens with zero attached hydrogens (tertiary/aromatic N) is 2. The van der Waals surface area contributed by atoms with Gasteiger partial charge in [-0.05, 0) is 28.1 Å². The molecule has 2 aromatic rings. The molecule has 84 valence electrons. The highest BCUT2D eigenvalue weighted by molar-refractivity contribution is 9.10. The Morgan fingerprint density at radius 3 is 2.56 bits per heavy atom. The maximum absolute atomic E-state index is 12.3. The van der Waals surface area contributed by atoms with E-state index in [1.54, 1.807) is 18.2 Å². The monoisotopic (exact) mass is 308 g/mol. The topological polar surface area (TPSA) is 25.8 Å². The second-order valence-electron chi connectivity index (χ2n) is 2.87. The van der Waals surface area contributed by atoms with E-state index in [-0.39, 0.29) is 0 Å². The van der Waals surface area contributed by atoms with Crippen LogP contribution < -0.4 is 0 Å². The molecule has 16 heavy (non-hydrogen) atoms. The molecular weight excluding hydrogens is 305 g/mol. The Bertz CT molecular complexity index is 509. The Balaban J connectivity index is 2.39. The highest BCUT2D eigenvalue weighted by atomic mass is 79.9. The van der Waals surface area contributed by atoms with Gasteiger partial charge in [-0.1, -0.05) is 6.07 Å². The van der Waals surface area contributed by atoms with E-state index in [0.29, 0.717) is 26.5 Å². The van der Waals surface area contributed by atoms with Crippen molar-refractivity contribution in [3.8, 4) is 10.6 Å². The van der Waals surface area contributed by atoms with Crippen LogP contribution in [0.25, 0.3) is 10.6 Å². The summed E-state index contributed by atoms with van der Waals surface area (Å²) in [5.41, 5.74) is 0.474. The van der Waals surface area contributed by atoms with E-state index >= 15 is 0 Å². The second-order valence-corrected chi connectivity index (χ2v) is 4.72. The predicted octanol–water partition coefficient (Wildman–Crippen LogP) is 3.99. The third kappa shape index (κ3) is 2.41. The number of hydrogen-bond acceptors (Lipinski definition) is 3. The quantitative estimate of drug-likeness (QED) is 0.745. The minimum atomic E-state index is -4.39. The van der Waals surface area contributed by atoms with Crippen LogP contribution in [0.3, 0.4) is 0 Å². The molecule has 2 aromatic heterocycles. The van der Waals surface area contributed by atoms with Gasteiger partial charge in [-0.25, -0.2) is 9.97 Å². The van der Waals surface area contributed by atoms with Crippen molar-refractivity contribution < 1.29 is 13.2 Å². The molecule has 2 heterocycles. The Morgan fingerprint density at radius 2 is 2.00 bits per heavy atom. The minimum Gasteiger partial charge on any atom is -0.240 e. The van der Waals surface area contributed by atoms with Crippen LogP contribution in [-0.4, -0.2) is 9.97 Å². The van der Waals surface area contributed by atoms with Crippen LogP contribution in [0, 0.1) is 0 Å². The van der Waals surface area contributed by atoms with Crippen LogP contribution in [0.15, 0.2) is 29.0 Å². The fourth-order valence-electron chi connectivity index (χ4n) is 1.07. The SMILES string of the molecule is FC(F)(F)c1ncc(-c2cccc(Br)n2)s1. The van der Waals surface area contributed by atoms with E-state index in [1.807, 2.05) is 0 Å². The Morgan fingerprint density at radius 1 is 1.25 bits per heavy atom. The summed E-state index contributed by atoms with van der Waals surface area (Å²) >= 11 is 3.74. The lowest BCUT2D eigenvalue weighted by molar-refractivity contribution is -0.137. The van der Waals surface area contributed by atoms with Gasteiger partial charge in [0.15, 0.2) is 5.01 Å². The minimum absolute atomic E-state index is 0.397. The van der Waals surface area contributed by atoms with Crippen molar-refractivity contribution in [1.82, 2.24) is 9.97 Å². The molecule has 0 aliphatic carbocycles. The van der Waals surface area contributed by atoms with Crippen LogP contribution in [-0.2, 0) is 6.18 Å². The Kier molecular flexibility index (Phi) is 2.98. The van der Waals surface area contributed by atoms with Gasteiger partial charge in [-0.2, -0.15) is 13.2 Å². The molecule has 2 rings (SSSR count). The van der Waals surface area contributed by atoms with Gasteiger partial charge in [-0.3, -0.25) is 0 Å². The van der Waals surface area contributed by atoms with Gasteiger partial charge in [0, 0.05) is 6.20 Å². The lowest BCUT2D eigenvalue weighted by Crippen LogP contribution is -2.02. The molecular formula is C9H4BrF3N2S. The van der Waals surface area contributed by atoms with Gasteiger partial charge in [0.25, 0.3) is 0 Å². The molecule has 0 aliphatic rings. The molecule has 7 heteroatoms. The fraction of sp³-hybridized carbons (Fsp3) is 0.111. The van der Waals surface area contributed by atoms with Crippen molar-refractivity contribution >= 4 is 27.3 Å². The van der Waals surface area contributed by atoms with Crippen LogP contribution >= 0.6 is 27.3 Å². The summed E-state index contributed by atoms with van der Waals surface area (Å²) in [7, 11) is 0. The molecule has 0 atom stereocenters. The number of halogens is 4. The van der Waals surface area contributed by atoms with Crippen LogP contribution in [0.2, 0.25) is 0 Å². The summed E-state index contributed by atoms with van der Waals surface area (Å²) in [4.78, 5) is 7.79. The molecule has 0 bridgehead atoms. The number of aromatic nitrogens is 2. The van der Waals surface area contributed by atoms with Crippen molar-refractivity contribution in [1.29, 1.82) is 0 Å². The van der Waals surface area contributed by atoms with E-state index in [1.165, 1.54) is 6.20 Å². The molecule has 0 spiro atoms. The molecule has 0 fully saturated rings. The van der Waals surface area contributed by atoms with Gasteiger partial charge >= 0.3 is 6.18 Å². The van der Waals surface area contributed by atoms with E-state index in [9.17, 15) is 13.2 Å². The molecule has 0 saturated heterocycles. The lowest BCUT2D eigenvalue weighted by atomic mass is 10.3. The van der Waals surface area contributed by atoms with Gasteiger partial charge < -0.3 is 0 Å². The molecule has 0 aliphatic heterocycles. The third-order valence-corrected chi connectivity index (χ3v) is 3.22. The van der Waals surface area contributed by atoms with Crippen LogP contribution in [0.1, 0.15) is 5.01 Å². The smallest absolute Gasteiger partial charge is 0.240 e. The van der Waals surface area contributed by atoms with E-state index in [0.717, 1.165) is 0 Å². The molecule has 0 radical (unpaired) electrons. The Hall–Kier alpha value is -0.950. The van der Waals surface area contributed by atoms with E-state index < -0.39 is 11.2 Å². The predicted molar refractivity (Wildman–Crippen MR) is 58.0 cm³/mol. The lowest BCUT2D eigenvalue weighted by Gasteiger charge is -1.99. The molecule has 0 amide bonds. The second kappa shape index (κ2) is 4.14. The average Bonchev–Trinajstić information content (AvgIpc) is 2.65. The van der Waals surface area contributed by atoms with Crippen molar-refractivity contribution in [3.05, 3.63) is 34.0 Å². The van der Waals surface area contributed by atoms with Crippen LogP contribution in [0.5, 0.6) is 0 Å². The molecule has 0 N–H and O–H groups in total. The zero-order chi connectivity index (χ0) is 11.8. The summed E-state index contributed by atoms with van der Waals surface area (Å²) in [6.45, 7) is 0. The molecule has 0 unspecified atom stereocenters. The first kappa shape index (κ1) is 11.5. The first-order valence-corrected chi connectivity index (χ1v) is 5.74. The summed E-state index contributed by atoms with van der Waals surface area (Å²) in [5.74, 6) is 0. The highest BCUT2D eigenvalue weighted by Crippen LogP contribution is 2.35. The van der Waals surface area contributed by atoms with Gasteiger partial charge in [0.1, 0.15) is 4.60 Å². The first-order chi connectivity index (χ1) is 7.47. The molecule has 2 nitrogen and oxygen atoms in total. The highest BCUT2D eigenvalue weighted by Gasteiger charge is 2.34. The third-order valence-electron chi connectivity index (χ3n) is 1.72. The first-order valence-electron chi connectivity index (χ1n) is 4.13. The summed E-state index contributed by atoms with van der Waals surface area (Å²) in [6, 6.07) is 5.05. The van der Waals surface area contributed by atoms with Crippen LogP contribution in [0.4, 0.5) is 13.2 Å². The number of alkyl halides is 3. The van der Waals surface area contributed by atoms with E-state index in [4.69, 9.17) is 0 Å². The molecule has 0 saturated carbocycles. The maximum Gasteiger partial charge on any atom is 0.443 e.